The zero-order chi connectivity index (χ0) is 14.2. The first kappa shape index (κ1) is 12.1. The first-order valence-corrected chi connectivity index (χ1v) is 7.05. The lowest BCUT2D eigenvalue weighted by molar-refractivity contribution is 0.993. The van der Waals surface area contributed by atoms with Crippen molar-refractivity contribution in [2.45, 2.75) is 6.54 Å². The smallest absolute Gasteiger partial charge is 0.154 e. The van der Waals surface area contributed by atoms with Crippen molar-refractivity contribution in [1.29, 1.82) is 0 Å². The van der Waals surface area contributed by atoms with Gasteiger partial charge in [0.25, 0.3) is 0 Å². The van der Waals surface area contributed by atoms with Crippen molar-refractivity contribution >= 4 is 22.4 Å². The Balaban J connectivity index is 1.81. The molecular weight excluding hydrogens is 258 g/mol. The maximum atomic E-state index is 4.75. The summed E-state index contributed by atoms with van der Waals surface area (Å²) in [7, 11) is 2.05. The second-order valence-electron chi connectivity index (χ2n) is 5.22. The fourth-order valence-electron chi connectivity index (χ4n) is 2.80. The molecule has 0 bridgehead atoms. The number of aliphatic imine (C=N–C) groups is 1. The Morgan fingerprint density at radius 2 is 1.71 bits per heavy atom. The molecule has 0 saturated heterocycles. The van der Waals surface area contributed by atoms with Crippen molar-refractivity contribution in [2.75, 3.05) is 11.9 Å². The highest BCUT2D eigenvalue weighted by Gasteiger charge is 2.19. The number of para-hydroxylation sites is 2. The minimum Gasteiger partial charge on any atom is -0.328 e. The zero-order valence-corrected chi connectivity index (χ0v) is 11.8. The molecule has 1 aliphatic rings. The number of anilines is 1. The molecule has 102 valence electrons. The van der Waals surface area contributed by atoms with Crippen LogP contribution >= 0.6 is 0 Å². The van der Waals surface area contributed by atoms with Crippen molar-refractivity contribution in [3.05, 3.63) is 71.9 Å². The van der Waals surface area contributed by atoms with Crippen LogP contribution in [0.1, 0.15) is 11.3 Å². The molecule has 3 heteroatoms. The highest BCUT2D eigenvalue weighted by Crippen LogP contribution is 2.26. The average molecular weight is 273 g/mol. The molecule has 3 aromatic rings. The van der Waals surface area contributed by atoms with Crippen LogP contribution in [0.15, 0.2) is 65.7 Å². The fraction of sp³-hybridized carbons (Fsp3) is 0.111. The monoisotopic (exact) mass is 273 g/mol. The number of aromatic nitrogens is 1. The second kappa shape index (κ2) is 4.70. The normalized spacial score (nSPS) is 14.0. The Morgan fingerprint density at radius 1 is 0.905 bits per heavy atom. The Bertz CT molecular complexity index is 852. The number of nitrogens with zero attached hydrogens (tertiary/aromatic N) is 3. The van der Waals surface area contributed by atoms with Gasteiger partial charge in [-0.1, -0.05) is 42.5 Å². The molecule has 0 aliphatic carbocycles. The quantitative estimate of drug-likeness (QED) is 0.677. The summed E-state index contributed by atoms with van der Waals surface area (Å²) in [6.45, 7) is 0.713. The van der Waals surface area contributed by atoms with Crippen LogP contribution in [0.2, 0.25) is 0 Å². The highest BCUT2D eigenvalue weighted by atomic mass is 15.2. The Hall–Kier alpha value is -2.68. The van der Waals surface area contributed by atoms with Gasteiger partial charge in [-0.25, -0.2) is 4.98 Å². The Labute approximate surface area is 123 Å². The molecule has 3 nitrogen and oxygen atoms in total. The maximum absolute atomic E-state index is 4.75. The third-order valence-electron chi connectivity index (χ3n) is 3.90. The minimum atomic E-state index is 0.713. The van der Waals surface area contributed by atoms with Crippen LogP contribution in [0.25, 0.3) is 10.9 Å². The number of hydrogen-bond donors (Lipinski definition) is 0. The highest BCUT2D eigenvalue weighted by molar-refractivity contribution is 6.10. The van der Waals surface area contributed by atoms with Gasteiger partial charge in [-0.2, -0.15) is 0 Å². The zero-order valence-electron chi connectivity index (χ0n) is 11.8. The molecule has 4 rings (SSSR count). The third-order valence-corrected chi connectivity index (χ3v) is 3.90. The summed E-state index contributed by atoms with van der Waals surface area (Å²) < 4.78 is 0. The molecule has 0 saturated carbocycles. The van der Waals surface area contributed by atoms with E-state index in [1.54, 1.807) is 0 Å². The molecule has 0 atom stereocenters. The van der Waals surface area contributed by atoms with E-state index in [9.17, 15) is 0 Å². The van der Waals surface area contributed by atoms with Crippen molar-refractivity contribution in [3.8, 4) is 0 Å². The van der Waals surface area contributed by atoms with Crippen LogP contribution in [-0.4, -0.2) is 17.9 Å². The molecule has 0 radical (unpaired) electrons. The molecule has 0 N–H and O–H groups in total. The van der Waals surface area contributed by atoms with E-state index < -0.39 is 0 Å². The number of benzene rings is 2. The molecule has 21 heavy (non-hydrogen) atoms. The van der Waals surface area contributed by atoms with Crippen LogP contribution in [0.5, 0.6) is 0 Å². The summed E-state index contributed by atoms with van der Waals surface area (Å²) in [6, 6.07) is 20.7. The lowest BCUT2D eigenvalue weighted by Crippen LogP contribution is -2.31. The summed E-state index contributed by atoms with van der Waals surface area (Å²) in [4.78, 5) is 11.6. The van der Waals surface area contributed by atoms with Gasteiger partial charge in [0.1, 0.15) is 5.69 Å². The van der Waals surface area contributed by atoms with Crippen molar-refractivity contribution in [2.24, 2.45) is 4.99 Å². The lowest BCUT2D eigenvalue weighted by atomic mass is 10.1. The van der Waals surface area contributed by atoms with E-state index in [0.29, 0.717) is 6.54 Å². The van der Waals surface area contributed by atoms with Gasteiger partial charge in [0.15, 0.2) is 5.84 Å². The topological polar surface area (TPSA) is 28.5 Å². The molecule has 0 amide bonds. The molecular formula is C18H15N3. The van der Waals surface area contributed by atoms with Gasteiger partial charge in [-0.15, -0.1) is 0 Å². The van der Waals surface area contributed by atoms with E-state index in [1.165, 1.54) is 11.3 Å². The van der Waals surface area contributed by atoms with Crippen LogP contribution < -0.4 is 4.90 Å². The number of rotatable bonds is 1. The van der Waals surface area contributed by atoms with E-state index >= 15 is 0 Å². The summed E-state index contributed by atoms with van der Waals surface area (Å²) in [5.41, 5.74) is 4.39. The predicted molar refractivity (Wildman–Crippen MR) is 86.8 cm³/mol. The summed E-state index contributed by atoms with van der Waals surface area (Å²) >= 11 is 0. The molecule has 2 heterocycles. The number of amidine groups is 1. The van der Waals surface area contributed by atoms with Crippen molar-refractivity contribution in [3.63, 3.8) is 0 Å². The average Bonchev–Trinajstić information content (AvgIpc) is 2.55. The molecule has 2 aromatic carbocycles. The Kier molecular flexibility index (Phi) is 2.71. The minimum absolute atomic E-state index is 0.713. The summed E-state index contributed by atoms with van der Waals surface area (Å²) in [6.07, 6.45) is 0. The summed E-state index contributed by atoms with van der Waals surface area (Å²) in [5.74, 6) is 0.930. The second-order valence-corrected chi connectivity index (χ2v) is 5.22. The molecule has 0 spiro atoms. The fourth-order valence-corrected chi connectivity index (χ4v) is 2.80. The number of fused-ring (bicyclic) bond motifs is 2. The van der Waals surface area contributed by atoms with E-state index in [4.69, 9.17) is 9.98 Å². The molecule has 0 fully saturated rings. The van der Waals surface area contributed by atoms with Crippen molar-refractivity contribution in [1.82, 2.24) is 4.98 Å². The third kappa shape index (κ3) is 1.98. The SMILES string of the molecule is CN1C(c2ccc3ccccc3n2)=NCc2ccccc21. The standard InChI is InChI=1S/C18H15N3/c1-21-17-9-5-3-7-14(17)12-19-18(21)16-11-10-13-6-2-4-8-15(13)20-16/h2-11H,12H2,1H3. The largest absolute Gasteiger partial charge is 0.328 e. The van der Waals surface area contributed by atoms with Crippen molar-refractivity contribution < 1.29 is 0 Å². The van der Waals surface area contributed by atoms with Gasteiger partial charge >= 0.3 is 0 Å². The first-order valence-electron chi connectivity index (χ1n) is 7.05. The van der Waals surface area contributed by atoms with Gasteiger partial charge in [0.2, 0.25) is 0 Å². The van der Waals surface area contributed by atoms with Gasteiger partial charge < -0.3 is 4.90 Å². The van der Waals surface area contributed by atoms with Crippen LogP contribution in [0.3, 0.4) is 0 Å². The number of hydrogen-bond acceptors (Lipinski definition) is 3. The van der Waals surface area contributed by atoms with Gasteiger partial charge in [0, 0.05) is 18.1 Å². The Morgan fingerprint density at radius 3 is 2.67 bits per heavy atom. The van der Waals surface area contributed by atoms with Crippen LogP contribution in [0, 0.1) is 0 Å². The van der Waals surface area contributed by atoms with Gasteiger partial charge in [-0.05, 0) is 23.8 Å². The molecule has 0 unspecified atom stereocenters. The first-order chi connectivity index (χ1) is 10.3. The van der Waals surface area contributed by atoms with E-state index in [-0.39, 0.29) is 0 Å². The van der Waals surface area contributed by atoms with Crippen LogP contribution in [-0.2, 0) is 6.54 Å². The molecule has 1 aromatic heterocycles. The lowest BCUT2D eigenvalue weighted by Gasteiger charge is -2.27. The molecule has 1 aliphatic heterocycles. The van der Waals surface area contributed by atoms with E-state index in [1.807, 2.05) is 31.3 Å². The van der Waals surface area contributed by atoms with Crippen LogP contribution in [0.4, 0.5) is 5.69 Å². The predicted octanol–water partition coefficient (Wildman–Crippen LogP) is 3.63. The van der Waals surface area contributed by atoms with Gasteiger partial charge in [-0.3, -0.25) is 4.99 Å². The number of pyridine rings is 1. The van der Waals surface area contributed by atoms with Gasteiger partial charge in [0.05, 0.1) is 12.1 Å². The van der Waals surface area contributed by atoms with E-state index in [2.05, 4.69) is 41.3 Å². The maximum Gasteiger partial charge on any atom is 0.154 e. The van der Waals surface area contributed by atoms with E-state index in [0.717, 1.165) is 22.4 Å². The summed E-state index contributed by atoms with van der Waals surface area (Å²) in [5, 5.41) is 1.15.